The van der Waals surface area contributed by atoms with Crippen LogP contribution in [-0.2, 0) is 32.6 Å². The summed E-state index contributed by atoms with van der Waals surface area (Å²) in [4.78, 5) is 29.5. The lowest BCUT2D eigenvalue weighted by molar-refractivity contribution is -0.140. The fraction of sp³-hybridized carbons (Fsp3) is 0.355. The van der Waals surface area contributed by atoms with Crippen molar-refractivity contribution in [3.8, 4) is 0 Å². The van der Waals surface area contributed by atoms with Gasteiger partial charge in [0.1, 0.15) is 12.6 Å². The van der Waals surface area contributed by atoms with Crippen molar-refractivity contribution in [1.82, 2.24) is 10.2 Å². The lowest BCUT2D eigenvalue weighted by Crippen LogP contribution is -2.54. The van der Waals surface area contributed by atoms with Gasteiger partial charge in [0.25, 0.3) is 0 Å². The van der Waals surface area contributed by atoms with Crippen molar-refractivity contribution in [3.05, 3.63) is 101 Å². The quantitative estimate of drug-likeness (QED) is 0.341. The molecule has 1 N–H and O–H groups in total. The molecule has 0 bridgehead atoms. The van der Waals surface area contributed by atoms with E-state index in [2.05, 4.69) is 5.32 Å². The molecule has 0 spiro atoms. The summed E-state index contributed by atoms with van der Waals surface area (Å²) in [6, 6.07) is 22.9. The molecule has 1 saturated carbocycles. The van der Waals surface area contributed by atoms with Gasteiger partial charge in [0.15, 0.2) is 0 Å². The first-order valence-corrected chi connectivity index (χ1v) is 15.8. The van der Waals surface area contributed by atoms with Crippen LogP contribution in [0.25, 0.3) is 0 Å². The maximum Gasteiger partial charge on any atom is 0.244 e. The fourth-order valence-electron chi connectivity index (χ4n) is 5.03. The highest BCUT2D eigenvalue weighted by atomic mass is 35.5. The highest BCUT2D eigenvalue weighted by molar-refractivity contribution is 7.92. The molecule has 2 amide bonds. The van der Waals surface area contributed by atoms with E-state index in [-0.39, 0.29) is 18.5 Å². The minimum Gasteiger partial charge on any atom is -0.352 e. The van der Waals surface area contributed by atoms with Gasteiger partial charge in [-0.05, 0) is 55.2 Å². The summed E-state index contributed by atoms with van der Waals surface area (Å²) < 4.78 is 26.7. The Balaban J connectivity index is 1.71. The van der Waals surface area contributed by atoms with Gasteiger partial charge in [-0.3, -0.25) is 13.9 Å². The summed E-state index contributed by atoms with van der Waals surface area (Å²) in [6.07, 6.45) is 5.31. The van der Waals surface area contributed by atoms with Crippen molar-refractivity contribution in [2.75, 3.05) is 17.1 Å². The molecule has 3 aromatic carbocycles. The van der Waals surface area contributed by atoms with Crippen molar-refractivity contribution in [1.29, 1.82) is 0 Å². The molecular weight excluding hydrogens is 546 g/mol. The summed E-state index contributed by atoms with van der Waals surface area (Å²) in [5.74, 6) is -0.697. The van der Waals surface area contributed by atoms with Gasteiger partial charge in [-0.25, -0.2) is 8.42 Å². The number of anilines is 1. The maximum absolute atomic E-state index is 14.1. The second-order valence-corrected chi connectivity index (χ2v) is 12.8. The third-order valence-corrected chi connectivity index (χ3v) is 8.63. The molecule has 0 heterocycles. The Morgan fingerprint density at radius 1 is 0.925 bits per heavy atom. The Labute approximate surface area is 242 Å². The number of nitrogens with one attached hydrogen (secondary N) is 1. The summed E-state index contributed by atoms with van der Waals surface area (Å²) in [5.41, 5.74) is 3.16. The number of carbonyl (C=O) groups is 2. The van der Waals surface area contributed by atoms with E-state index in [1.54, 1.807) is 24.3 Å². The number of rotatable bonds is 11. The number of hydrogen-bond acceptors (Lipinski definition) is 4. The summed E-state index contributed by atoms with van der Waals surface area (Å²) in [5, 5.41) is 3.63. The van der Waals surface area contributed by atoms with Gasteiger partial charge in [0, 0.05) is 24.0 Å². The van der Waals surface area contributed by atoms with E-state index in [1.165, 1.54) is 4.90 Å². The lowest BCUT2D eigenvalue weighted by atomic mass is 10.0. The highest BCUT2D eigenvalue weighted by Gasteiger charge is 2.34. The standard InChI is InChI=1S/C31H36ClN3O4S/c1-23-12-14-25(15-13-23)21-34(30(36)22-35(40(2,38)39)28-18-16-26(32)17-19-28)29(20-24-8-4-3-5-9-24)31(37)33-27-10-6-7-11-27/h3-5,8-9,12-19,27,29H,6-7,10-11,20-22H2,1-2H3,(H,33,37)/t29-/m0/s1. The van der Waals surface area contributed by atoms with E-state index >= 15 is 0 Å². The second-order valence-electron chi connectivity index (χ2n) is 10.4. The van der Waals surface area contributed by atoms with Crippen molar-refractivity contribution in [2.45, 2.75) is 57.7 Å². The van der Waals surface area contributed by atoms with Crippen LogP contribution in [0.5, 0.6) is 0 Å². The minimum atomic E-state index is -3.82. The lowest BCUT2D eigenvalue weighted by Gasteiger charge is -2.34. The van der Waals surface area contributed by atoms with E-state index in [4.69, 9.17) is 11.6 Å². The summed E-state index contributed by atoms with van der Waals surface area (Å²) in [7, 11) is -3.82. The Kier molecular flexibility index (Phi) is 9.87. The number of sulfonamides is 1. The molecule has 1 atom stereocenters. The Hall–Kier alpha value is -3.36. The van der Waals surface area contributed by atoms with Gasteiger partial charge in [-0.2, -0.15) is 0 Å². The molecule has 3 aromatic rings. The summed E-state index contributed by atoms with van der Waals surface area (Å²) >= 11 is 6.02. The smallest absolute Gasteiger partial charge is 0.244 e. The van der Waals surface area contributed by atoms with Crippen LogP contribution in [0.15, 0.2) is 78.9 Å². The normalized spacial score (nSPS) is 14.5. The third kappa shape index (κ3) is 8.08. The zero-order valence-corrected chi connectivity index (χ0v) is 24.5. The monoisotopic (exact) mass is 581 g/mol. The van der Waals surface area contributed by atoms with Crippen LogP contribution in [0.2, 0.25) is 5.02 Å². The van der Waals surface area contributed by atoms with Gasteiger partial charge in [-0.15, -0.1) is 0 Å². The number of aryl methyl sites for hydroxylation is 1. The van der Waals surface area contributed by atoms with Gasteiger partial charge in [0.2, 0.25) is 21.8 Å². The fourth-order valence-corrected chi connectivity index (χ4v) is 6.01. The van der Waals surface area contributed by atoms with Crippen LogP contribution in [0.1, 0.15) is 42.4 Å². The van der Waals surface area contributed by atoms with Crippen molar-refractivity contribution >= 4 is 39.1 Å². The Morgan fingerprint density at radius 3 is 2.15 bits per heavy atom. The molecular formula is C31H36ClN3O4S. The van der Waals surface area contributed by atoms with Crippen molar-refractivity contribution in [2.24, 2.45) is 0 Å². The van der Waals surface area contributed by atoms with Gasteiger partial charge in [0.05, 0.1) is 11.9 Å². The number of amides is 2. The molecule has 0 saturated heterocycles. The van der Waals surface area contributed by atoms with Crippen LogP contribution >= 0.6 is 11.6 Å². The zero-order valence-electron chi connectivity index (χ0n) is 22.9. The SMILES string of the molecule is Cc1ccc(CN(C(=O)CN(c2ccc(Cl)cc2)S(C)(=O)=O)[C@@H](Cc2ccccc2)C(=O)NC2CCCC2)cc1. The molecule has 0 unspecified atom stereocenters. The molecule has 0 aromatic heterocycles. The molecule has 1 aliphatic carbocycles. The maximum atomic E-state index is 14.1. The van der Waals surface area contributed by atoms with E-state index in [9.17, 15) is 18.0 Å². The largest absolute Gasteiger partial charge is 0.352 e. The molecule has 1 fully saturated rings. The number of benzene rings is 3. The molecule has 9 heteroatoms. The average Bonchev–Trinajstić information content (AvgIpc) is 3.44. The minimum absolute atomic E-state index is 0.0729. The molecule has 40 heavy (non-hydrogen) atoms. The molecule has 1 aliphatic rings. The van der Waals surface area contributed by atoms with E-state index < -0.39 is 28.5 Å². The van der Waals surface area contributed by atoms with Crippen LogP contribution in [0, 0.1) is 6.92 Å². The molecule has 7 nitrogen and oxygen atoms in total. The molecule has 212 valence electrons. The van der Waals surface area contributed by atoms with Crippen LogP contribution in [0.4, 0.5) is 5.69 Å². The number of halogens is 1. The molecule has 0 radical (unpaired) electrons. The summed E-state index contributed by atoms with van der Waals surface area (Å²) in [6.45, 7) is 1.69. The van der Waals surface area contributed by atoms with Crippen LogP contribution in [0.3, 0.4) is 0 Å². The van der Waals surface area contributed by atoms with Gasteiger partial charge in [-0.1, -0.05) is 84.6 Å². The van der Waals surface area contributed by atoms with Crippen LogP contribution < -0.4 is 9.62 Å². The topological polar surface area (TPSA) is 86.8 Å². The average molecular weight is 582 g/mol. The third-order valence-electron chi connectivity index (χ3n) is 7.24. The predicted molar refractivity (Wildman–Crippen MR) is 160 cm³/mol. The number of nitrogens with zero attached hydrogens (tertiary/aromatic N) is 2. The number of carbonyl (C=O) groups excluding carboxylic acids is 2. The predicted octanol–water partition coefficient (Wildman–Crippen LogP) is 5.11. The number of hydrogen-bond donors (Lipinski definition) is 1. The van der Waals surface area contributed by atoms with Crippen molar-refractivity contribution < 1.29 is 18.0 Å². The van der Waals surface area contributed by atoms with Crippen molar-refractivity contribution in [3.63, 3.8) is 0 Å². The Bertz CT molecular complexity index is 1390. The first kappa shape index (κ1) is 29.6. The Morgan fingerprint density at radius 2 is 1.55 bits per heavy atom. The zero-order chi connectivity index (χ0) is 28.7. The second kappa shape index (κ2) is 13.3. The van der Waals surface area contributed by atoms with Crippen LogP contribution in [-0.4, -0.2) is 50.0 Å². The highest BCUT2D eigenvalue weighted by Crippen LogP contribution is 2.23. The van der Waals surface area contributed by atoms with E-state index in [0.29, 0.717) is 17.1 Å². The first-order chi connectivity index (χ1) is 19.1. The van der Waals surface area contributed by atoms with Gasteiger partial charge >= 0.3 is 0 Å². The van der Waals surface area contributed by atoms with E-state index in [0.717, 1.165) is 52.9 Å². The first-order valence-electron chi connectivity index (χ1n) is 13.5. The van der Waals surface area contributed by atoms with E-state index in [1.807, 2.05) is 61.5 Å². The molecule has 0 aliphatic heterocycles. The molecule has 4 rings (SSSR count). The van der Waals surface area contributed by atoms with Gasteiger partial charge < -0.3 is 10.2 Å².